The average molecular weight is 343 g/mol. The van der Waals surface area contributed by atoms with Crippen molar-refractivity contribution in [2.75, 3.05) is 13.7 Å². The maximum atomic E-state index is 11.2. The number of hydrogen-bond acceptors (Lipinski definition) is 6. The van der Waals surface area contributed by atoms with Gasteiger partial charge in [0.05, 0.1) is 30.9 Å². The van der Waals surface area contributed by atoms with Crippen LogP contribution >= 0.6 is 0 Å². The van der Waals surface area contributed by atoms with Crippen molar-refractivity contribution in [3.05, 3.63) is 63.7 Å². The van der Waals surface area contributed by atoms with Gasteiger partial charge in [-0.2, -0.15) is 5.10 Å². The van der Waals surface area contributed by atoms with Crippen LogP contribution in [0.5, 0.6) is 11.5 Å². The van der Waals surface area contributed by atoms with Crippen LogP contribution in [-0.2, 0) is 6.54 Å². The second-order valence-electron chi connectivity index (χ2n) is 5.22. The van der Waals surface area contributed by atoms with Crippen LogP contribution < -0.4 is 14.9 Å². The predicted octanol–water partition coefficient (Wildman–Crippen LogP) is 3.52. The van der Waals surface area contributed by atoms with Gasteiger partial charge in [0.15, 0.2) is 5.75 Å². The lowest BCUT2D eigenvalue weighted by Crippen LogP contribution is -2.10. The van der Waals surface area contributed by atoms with Crippen LogP contribution in [0.3, 0.4) is 0 Å². The number of nitro benzene ring substituents is 1. The Bertz CT molecular complexity index is 775. The highest BCUT2D eigenvalue weighted by Crippen LogP contribution is 2.28. The van der Waals surface area contributed by atoms with Gasteiger partial charge < -0.3 is 14.9 Å². The molecule has 0 amide bonds. The summed E-state index contributed by atoms with van der Waals surface area (Å²) in [5.41, 5.74) is 5.17. The van der Waals surface area contributed by atoms with E-state index in [1.54, 1.807) is 33.1 Å². The molecule has 132 valence electrons. The molecule has 2 aromatic carbocycles. The van der Waals surface area contributed by atoms with E-state index >= 15 is 0 Å². The summed E-state index contributed by atoms with van der Waals surface area (Å²) in [7, 11) is 1.62. The molecule has 0 radical (unpaired) electrons. The van der Waals surface area contributed by atoms with E-state index in [4.69, 9.17) is 9.47 Å². The Labute approximate surface area is 146 Å². The van der Waals surface area contributed by atoms with E-state index in [-0.39, 0.29) is 11.4 Å². The Hall–Kier alpha value is -3.09. The Morgan fingerprint density at radius 2 is 2.00 bits per heavy atom. The number of nitro groups is 1. The first-order chi connectivity index (χ1) is 12.1. The molecule has 0 bridgehead atoms. The van der Waals surface area contributed by atoms with Crippen LogP contribution in [0.2, 0.25) is 0 Å². The summed E-state index contributed by atoms with van der Waals surface area (Å²) < 4.78 is 10.6. The van der Waals surface area contributed by atoms with Crippen LogP contribution in [0, 0.1) is 10.1 Å². The number of rotatable bonds is 8. The molecule has 0 aliphatic rings. The summed E-state index contributed by atoms with van der Waals surface area (Å²) in [5, 5.41) is 15.5. The number of nitrogens with one attached hydrogen (secondary N) is 1. The highest BCUT2D eigenvalue weighted by Gasteiger charge is 2.16. The molecule has 0 spiro atoms. The molecule has 0 heterocycles. The average Bonchev–Trinajstić information content (AvgIpc) is 2.62. The van der Waals surface area contributed by atoms with Crippen molar-refractivity contribution in [3.8, 4) is 11.5 Å². The van der Waals surface area contributed by atoms with Gasteiger partial charge in [-0.25, -0.2) is 0 Å². The van der Waals surface area contributed by atoms with Gasteiger partial charge in [0.2, 0.25) is 0 Å². The molecule has 0 aliphatic carbocycles. The van der Waals surface area contributed by atoms with E-state index in [1.807, 2.05) is 24.3 Å². The van der Waals surface area contributed by atoms with Gasteiger partial charge in [-0.15, -0.1) is 0 Å². The van der Waals surface area contributed by atoms with Gasteiger partial charge in [-0.05, 0) is 32.0 Å². The molecule has 0 aliphatic heterocycles. The quantitative estimate of drug-likeness (QED) is 0.450. The molecule has 0 saturated heterocycles. The van der Waals surface area contributed by atoms with Crippen molar-refractivity contribution in [1.82, 2.24) is 5.43 Å². The number of methoxy groups -OCH3 is 1. The van der Waals surface area contributed by atoms with Crippen molar-refractivity contribution < 1.29 is 14.4 Å². The normalized spacial score (nSPS) is 11.1. The summed E-state index contributed by atoms with van der Waals surface area (Å²) in [5.74, 6) is 1.03. The Balaban J connectivity index is 2.14. The zero-order valence-corrected chi connectivity index (χ0v) is 14.5. The minimum atomic E-state index is -0.454. The molecule has 0 aromatic heterocycles. The fourth-order valence-electron chi connectivity index (χ4n) is 2.32. The number of hydrazone groups is 1. The third-order valence-corrected chi connectivity index (χ3v) is 3.58. The molecule has 1 N–H and O–H groups in total. The fraction of sp³-hybridized carbons (Fsp3) is 0.278. The molecule has 7 nitrogen and oxygen atoms in total. The summed E-state index contributed by atoms with van der Waals surface area (Å²) in [6.45, 7) is 4.43. The molecule has 7 heteroatoms. The Morgan fingerprint density at radius 1 is 1.24 bits per heavy atom. The molecule has 2 aromatic rings. The summed E-state index contributed by atoms with van der Waals surface area (Å²) in [6, 6.07) is 12.5. The molecular formula is C18H21N3O4. The van der Waals surface area contributed by atoms with E-state index in [1.165, 1.54) is 6.07 Å². The molecule has 0 saturated carbocycles. The van der Waals surface area contributed by atoms with Crippen LogP contribution in [0.4, 0.5) is 5.69 Å². The van der Waals surface area contributed by atoms with Gasteiger partial charge in [0, 0.05) is 17.2 Å². The smallest absolute Gasteiger partial charge is 0.311 e. The van der Waals surface area contributed by atoms with Crippen molar-refractivity contribution in [2.24, 2.45) is 5.10 Å². The second-order valence-corrected chi connectivity index (χ2v) is 5.22. The van der Waals surface area contributed by atoms with Crippen LogP contribution in [0.1, 0.15) is 25.0 Å². The number of ether oxygens (including phenoxy) is 2. The van der Waals surface area contributed by atoms with Crippen molar-refractivity contribution in [3.63, 3.8) is 0 Å². The highest BCUT2D eigenvalue weighted by molar-refractivity contribution is 5.99. The SMILES string of the molecule is CCOc1ccc(/C(C)=N/NCc2ccccc2OC)cc1[N+](=O)[O-]. The van der Waals surface area contributed by atoms with Crippen molar-refractivity contribution in [2.45, 2.75) is 20.4 Å². The first-order valence-corrected chi connectivity index (χ1v) is 7.87. The molecular weight excluding hydrogens is 322 g/mol. The lowest BCUT2D eigenvalue weighted by atomic mass is 10.1. The number of benzene rings is 2. The summed E-state index contributed by atoms with van der Waals surface area (Å²) >= 11 is 0. The number of nitrogens with zero attached hydrogens (tertiary/aromatic N) is 2. The highest BCUT2D eigenvalue weighted by atomic mass is 16.6. The zero-order valence-electron chi connectivity index (χ0n) is 14.5. The minimum absolute atomic E-state index is 0.0707. The predicted molar refractivity (Wildman–Crippen MR) is 96.3 cm³/mol. The van der Waals surface area contributed by atoms with Crippen LogP contribution in [-0.4, -0.2) is 24.4 Å². The van der Waals surface area contributed by atoms with Gasteiger partial charge in [-0.1, -0.05) is 18.2 Å². The first-order valence-electron chi connectivity index (χ1n) is 7.87. The molecule has 2 rings (SSSR count). The largest absolute Gasteiger partial charge is 0.496 e. The van der Waals surface area contributed by atoms with Gasteiger partial charge in [0.1, 0.15) is 5.75 Å². The number of hydrogen-bond donors (Lipinski definition) is 1. The van der Waals surface area contributed by atoms with Gasteiger partial charge in [0.25, 0.3) is 0 Å². The van der Waals surface area contributed by atoms with E-state index in [0.29, 0.717) is 24.4 Å². The molecule has 0 unspecified atom stereocenters. The fourth-order valence-corrected chi connectivity index (χ4v) is 2.32. The van der Waals surface area contributed by atoms with Crippen molar-refractivity contribution in [1.29, 1.82) is 0 Å². The lowest BCUT2D eigenvalue weighted by molar-refractivity contribution is -0.385. The summed E-state index contributed by atoms with van der Waals surface area (Å²) in [6.07, 6.45) is 0. The lowest BCUT2D eigenvalue weighted by Gasteiger charge is -2.09. The van der Waals surface area contributed by atoms with Crippen LogP contribution in [0.25, 0.3) is 0 Å². The first kappa shape index (κ1) is 18.3. The van der Waals surface area contributed by atoms with E-state index in [0.717, 1.165) is 11.3 Å². The van der Waals surface area contributed by atoms with E-state index in [2.05, 4.69) is 10.5 Å². The minimum Gasteiger partial charge on any atom is -0.496 e. The Morgan fingerprint density at radius 3 is 2.68 bits per heavy atom. The second kappa shape index (κ2) is 8.68. The Kier molecular flexibility index (Phi) is 6.33. The zero-order chi connectivity index (χ0) is 18.2. The van der Waals surface area contributed by atoms with Crippen molar-refractivity contribution >= 4 is 11.4 Å². The third kappa shape index (κ3) is 4.69. The standard InChI is InChI=1S/C18H21N3O4/c1-4-25-18-10-9-14(11-16(18)21(22)23)13(2)20-19-12-15-7-5-6-8-17(15)24-3/h5-11,19H,4,12H2,1-3H3/b20-13+. The van der Waals surface area contributed by atoms with Gasteiger partial charge >= 0.3 is 5.69 Å². The molecule has 0 fully saturated rings. The maximum absolute atomic E-state index is 11.2. The monoisotopic (exact) mass is 343 g/mol. The maximum Gasteiger partial charge on any atom is 0.311 e. The topological polar surface area (TPSA) is 86.0 Å². The number of para-hydroxylation sites is 1. The van der Waals surface area contributed by atoms with E-state index in [9.17, 15) is 10.1 Å². The third-order valence-electron chi connectivity index (χ3n) is 3.58. The summed E-state index contributed by atoms with van der Waals surface area (Å²) in [4.78, 5) is 10.7. The molecule has 0 atom stereocenters. The van der Waals surface area contributed by atoms with Gasteiger partial charge in [-0.3, -0.25) is 10.1 Å². The van der Waals surface area contributed by atoms with Crippen LogP contribution in [0.15, 0.2) is 47.6 Å². The van der Waals surface area contributed by atoms with E-state index < -0.39 is 4.92 Å². The molecule has 25 heavy (non-hydrogen) atoms.